The maximum absolute atomic E-state index is 14.5. The molecule has 0 atom stereocenters. The number of anilines is 3. The lowest BCUT2D eigenvalue weighted by Crippen LogP contribution is -2.28. The van der Waals surface area contributed by atoms with Gasteiger partial charge in [0.05, 0.1) is 11.9 Å². The zero-order valence-electron chi connectivity index (χ0n) is 18.4. The summed E-state index contributed by atoms with van der Waals surface area (Å²) in [6.07, 6.45) is 7.59. The molecule has 2 fully saturated rings. The molecule has 176 valence electrons. The van der Waals surface area contributed by atoms with Crippen molar-refractivity contribution < 1.29 is 9.13 Å². The van der Waals surface area contributed by atoms with Gasteiger partial charge in [-0.05, 0) is 69.2 Å². The average Bonchev–Trinajstić information content (AvgIpc) is 3.19. The standard InChI is InChI=1S/C23H29ClFN7O/c24-15-3-6-18(25)19(11-15)29-23-30-20-13-27-22(28-16-7-9-33-10-8-16)31-21(20)32(23)17-4-1-14(12-26)2-5-17/h3,6,11,13-14,16-17H,1-2,4-5,7-10,12,26H2,(H,29,30)(H,27,28,31)/t14-,17+. The van der Waals surface area contributed by atoms with E-state index in [0.29, 0.717) is 34.9 Å². The van der Waals surface area contributed by atoms with Crippen molar-refractivity contribution in [3.63, 3.8) is 0 Å². The number of aromatic nitrogens is 4. The van der Waals surface area contributed by atoms with Crippen molar-refractivity contribution in [2.75, 3.05) is 30.4 Å². The number of benzene rings is 1. The van der Waals surface area contributed by atoms with Gasteiger partial charge in [0.1, 0.15) is 11.3 Å². The maximum Gasteiger partial charge on any atom is 0.224 e. The molecule has 4 N–H and O–H groups in total. The molecule has 33 heavy (non-hydrogen) atoms. The van der Waals surface area contributed by atoms with Crippen molar-refractivity contribution in [2.24, 2.45) is 11.7 Å². The lowest BCUT2D eigenvalue weighted by atomic mass is 9.86. The van der Waals surface area contributed by atoms with Crippen LogP contribution in [0, 0.1) is 11.7 Å². The summed E-state index contributed by atoms with van der Waals surface area (Å²) >= 11 is 6.11. The van der Waals surface area contributed by atoms with Crippen molar-refractivity contribution in [3.8, 4) is 0 Å². The molecule has 5 rings (SSSR count). The Balaban J connectivity index is 1.51. The zero-order valence-corrected chi connectivity index (χ0v) is 19.2. The molecule has 1 saturated heterocycles. The third kappa shape index (κ3) is 4.90. The zero-order chi connectivity index (χ0) is 22.8. The highest BCUT2D eigenvalue weighted by molar-refractivity contribution is 6.30. The number of hydrogen-bond donors (Lipinski definition) is 3. The molecule has 8 nitrogen and oxygen atoms in total. The quantitative estimate of drug-likeness (QED) is 0.479. The maximum atomic E-state index is 14.5. The second kappa shape index (κ2) is 9.79. The van der Waals surface area contributed by atoms with E-state index in [4.69, 9.17) is 32.0 Å². The summed E-state index contributed by atoms with van der Waals surface area (Å²) in [6, 6.07) is 4.91. The summed E-state index contributed by atoms with van der Waals surface area (Å²) in [7, 11) is 0. The summed E-state index contributed by atoms with van der Waals surface area (Å²) in [4.78, 5) is 14.1. The van der Waals surface area contributed by atoms with E-state index in [2.05, 4.69) is 20.2 Å². The monoisotopic (exact) mass is 473 g/mol. The van der Waals surface area contributed by atoms with Crippen molar-refractivity contribution in [2.45, 2.75) is 50.6 Å². The largest absolute Gasteiger partial charge is 0.381 e. The van der Waals surface area contributed by atoms with Crippen LogP contribution in [-0.2, 0) is 4.74 Å². The highest BCUT2D eigenvalue weighted by atomic mass is 35.5. The van der Waals surface area contributed by atoms with Crippen molar-refractivity contribution in [1.82, 2.24) is 19.5 Å². The molecule has 1 aliphatic heterocycles. The summed E-state index contributed by atoms with van der Waals surface area (Å²) in [5, 5.41) is 7.05. The third-order valence-corrected chi connectivity index (χ3v) is 6.91. The second-order valence-corrected chi connectivity index (χ2v) is 9.33. The Bertz CT molecular complexity index is 1110. The van der Waals surface area contributed by atoms with Crippen LogP contribution in [0.25, 0.3) is 11.2 Å². The summed E-state index contributed by atoms with van der Waals surface area (Å²) in [5.41, 5.74) is 7.59. The number of imidazole rings is 1. The molecule has 3 heterocycles. The van der Waals surface area contributed by atoms with E-state index in [1.165, 1.54) is 12.1 Å². The van der Waals surface area contributed by atoms with Crippen LogP contribution in [-0.4, -0.2) is 45.3 Å². The molecule has 0 radical (unpaired) electrons. The first-order valence-electron chi connectivity index (χ1n) is 11.6. The van der Waals surface area contributed by atoms with Gasteiger partial charge in [0.25, 0.3) is 0 Å². The van der Waals surface area contributed by atoms with Crippen LogP contribution in [0.15, 0.2) is 24.4 Å². The summed E-state index contributed by atoms with van der Waals surface area (Å²) < 4.78 is 22.0. The number of rotatable bonds is 6. The van der Waals surface area contributed by atoms with Gasteiger partial charge in [0.2, 0.25) is 11.9 Å². The SMILES string of the molecule is NC[C@H]1CC[C@@H](n2c(Nc3cc(Cl)ccc3F)nc3cnc(NC4CCOCC4)nc32)CC1. The van der Waals surface area contributed by atoms with E-state index in [-0.39, 0.29) is 17.8 Å². The van der Waals surface area contributed by atoms with Gasteiger partial charge in [-0.3, -0.25) is 4.57 Å². The normalized spacial score (nSPS) is 21.9. The Morgan fingerprint density at radius 1 is 1.12 bits per heavy atom. The summed E-state index contributed by atoms with van der Waals surface area (Å²) in [5.74, 6) is 1.27. The predicted molar refractivity (Wildman–Crippen MR) is 128 cm³/mol. The minimum absolute atomic E-state index is 0.188. The molecule has 10 heteroatoms. The van der Waals surface area contributed by atoms with Crippen LogP contribution in [0.5, 0.6) is 0 Å². The van der Waals surface area contributed by atoms with E-state index in [1.807, 2.05) is 0 Å². The van der Waals surface area contributed by atoms with Crippen LogP contribution in [0.1, 0.15) is 44.6 Å². The molecule has 0 unspecified atom stereocenters. The molecule has 2 aliphatic rings. The Kier molecular flexibility index (Phi) is 6.62. The number of halogens is 2. The third-order valence-electron chi connectivity index (χ3n) is 6.68. The molecule has 2 aromatic heterocycles. The van der Waals surface area contributed by atoms with Gasteiger partial charge in [-0.15, -0.1) is 0 Å². The Morgan fingerprint density at radius 3 is 2.67 bits per heavy atom. The van der Waals surface area contributed by atoms with Crippen molar-refractivity contribution in [3.05, 3.63) is 35.2 Å². The number of nitrogens with one attached hydrogen (secondary N) is 2. The highest BCUT2D eigenvalue weighted by Crippen LogP contribution is 2.37. The average molecular weight is 474 g/mol. The fourth-order valence-electron chi connectivity index (χ4n) is 4.77. The minimum atomic E-state index is -0.391. The number of nitrogens with zero attached hydrogens (tertiary/aromatic N) is 4. The van der Waals surface area contributed by atoms with E-state index in [0.717, 1.165) is 57.4 Å². The fourth-order valence-corrected chi connectivity index (χ4v) is 4.94. The minimum Gasteiger partial charge on any atom is -0.381 e. The Labute approximate surface area is 197 Å². The second-order valence-electron chi connectivity index (χ2n) is 8.90. The number of hydrogen-bond acceptors (Lipinski definition) is 7. The Morgan fingerprint density at radius 2 is 1.91 bits per heavy atom. The van der Waals surface area contributed by atoms with E-state index < -0.39 is 5.82 Å². The topological polar surface area (TPSA) is 103 Å². The van der Waals surface area contributed by atoms with Crippen LogP contribution in [0.2, 0.25) is 5.02 Å². The molecule has 0 spiro atoms. The fraction of sp³-hybridized carbons (Fsp3) is 0.522. The smallest absolute Gasteiger partial charge is 0.224 e. The highest BCUT2D eigenvalue weighted by Gasteiger charge is 2.27. The van der Waals surface area contributed by atoms with E-state index in [9.17, 15) is 4.39 Å². The molecule has 1 aliphatic carbocycles. The predicted octanol–water partition coefficient (Wildman–Crippen LogP) is 4.64. The first-order chi connectivity index (χ1) is 16.1. The van der Waals surface area contributed by atoms with Crippen LogP contribution >= 0.6 is 11.6 Å². The van der Waals surface area contributed by atoms with Gasteiger partial charge in [-0.1, -0.05) is 11.6 Å². The number of fused-ring (bicyclic) bond motifs is 1. The van der Waals surface area contributed by atoms with Gasteiger partial charge < -0.3 is 21.1 Å². The van der Waals surface area contributed by atoms with Gasteiger partial charge in [-0.25, -0.2) is 14.4 Å². The van der Waals surface area contributed by atoms with Gasteiger partial charge in [0, 0.05) is 30.3 Å². The van der Waals surface area contributed by atoms with Gasteiger partial charge in [0.15, 0.2) is 5.65 Å². The molecule has 1 aromatic carbocycles. The van der Waals surface area contributed by atoms with Gasteiger partial charge in [-0.2, -0.15) is 4.98 Å². The Hall–Kier alpha value is -2.49. The van der Waals surface area contributed by atoms with Crippen molar-refractivity contribution in [1.29, 1.82) is 0 Å². The van der Waals surface area contributed by atoms with E-state index in [1.54, 1.807) is 12.3 Å². The van der Waals surface area contributed by atoms with Gasteiger partial charge >= 0.3 is 0 Å². The first kappa shape index (κ1) is 22.3. The molecular formula is C23H29ClFN7O. The van der Waals surface area contributed by atoms with Crippen LogP contribution < -0.4 is 16.4 Å². The van der Waals surface area contributed by atoms with Crippen LogP contribution in [0.4, 0.5) is 22.0 Å². The molecular weight excluding hydrogens is 445 g/mol. The lowest BCUT2D eigenvalue weighted by molar-refractivity contribution is 0.0903. The van der Waals surface area contributed by atoms with Crippen LogP contribution in [0.3, 0.4) is 0 Å². The lowest BCUT2D eigenvalue weighted by Gasteiger charge is -2.30. The molecule has 3 aromatic rings. The summed E-state index contributed by atoms with van der Waals surface area (Å²) in [6.45, 7) is 2.18. The number of nitrogens with two attached hydrogens (primary N) is 1. The van der Waals surface area contributed by atoms with Crippen molar-refractivity contribution >= 4 is 40.3 Å². The molecule has 0 bridgehead atoms. The molecule has 0 amide bonds. The molecule has 1 saturated carbocycles. The van der Waals surface area contributed by atoms with E-state index >= 15 is 0 Å². The first-order valence-corrected chi connectivity index (χ1v) is 12.0. The number of ether oxygens (including phenoxy) is 1.